The molecule has 8 heteroatoms. The van der Waals surface area contributed by atoms with E-state index in [1.54, 1.807) is 43.5 Å². The first kappa shape index (κ1) is 28.5. The zero-order chi connectivity index (χ0) is 27.5. The molecule has 0 aromatic heterocycles. The molecule has 1 unspecified atom stereocenters. The summed E-state index contributed by atoms with van der Waals surface area (Å²) in [4.78, 5) is 12.3. The van der Waals surface area contributed by atoms with Crippen LogP contribution < -0.4 is 14.8 Å². The van der Waals surface area contributed by atoms with Crippen LogP contribution in [0.3, 0.4) is 0 Å². The molecule has 208 valence electrons. The highest BCUT2D eigenvalue weighted by atomic mass is 19.2. The topological polar surface area (TPSA) is 60.0 Å². The summed E-state index contributed by atoms with van der Waals surface area (Å²) in [5, 5.41) is 3.72. The minimum absolute atomic E-state index is 0.0299. The van der Waals surface area contributed by atoms with Gasteiger partial charge in [-0.1, -0.05) is 24.3 Å². The van der Waals surface area contributed by atoms with Gasteiger partial charge in [0.05, 0.1) is 13.2 Å². The van der Waals surface area contributed by atoms with Crippen molar-refractivity contribution in [2.24, 2.45) is 5.92 Å². The first-order valence-corrected chi connectivity index (χ1v) is 13.4. The van der Waals surface area contributed by atoms with Gasteiger partial charge in [-0.05, 0) is 78.4 Å². The number of hydrogen-bond acceptors (Lipinski definition) is 5. The maximum Gasteiger partial charge on any atom is 0.251 e. The summed E-state index contributed by atoms with van der Waals surface area (Å²) < 4.78 is 44.1. The molecule has 1 saturated heterocycles. The summed E-state index contributed by atoms with van der Waals surface area (Å²) in [6.45, 7) is 2.69. The van der Waals surface area contributed by atoms with Gasteiger partial charge in [-0.3, -0.25) is 4.79 Å². The predicted octanol–water partition coefficient (Wildman–Crippen LogP) is 5.58. The maximum absolute atomic E-state index is 14.2. The molecule has 0 spiro atoms. The molecular formula is C31H36F2N2O4. The first-order chi connectivity index (χ1) is 19.0. The second kappa shape index (κ2) is 14.6. The Balaban J connectivity index is 1.28. The van der Waals surface area contributed by atoms with Gasteiger partial charge in [-0.2, -0.15) is 0 Å². The average Bonchev–Trinajstić information content (AvgIpc) is 2.96. The smallest absolute Gasteiger partial charge is 0.251 e. The van der Waals surface area contributed by atoms with Crippen LogP contribution in [0, 0.1) is 11.7 Å². The van der Waals surface area contributed by atoms with Crippen molar-refractivity contribution in [3.8, 4) is 11.5 Å². The number of carbonyl (C=O) groups excluding carboxylic acids is 1. The summed E-state index contributed by atoms with van der Waals surface area (Å²) in [6, 6.07) is 21.4. The number of nitrogens with one attached hydrogen (secondary N) is 1. The second-order valence-corrected chi connectivity index (χ2v) is 9.76. The fraction of sp³-hybridized carbons (Fsp3) is 0.387. The Kier molecular flexibility index (Phi) is 10.7. The highest BCUT2D eigenvalue weighted by molar-refractivity contribution is 5.94. The summed E-state index contributed by atoms with van der Waals surface area (Å²) in [7, 11) is 1.63. The summed E-state index contributed by atoms with van der Waals surface area (Å²) >= 11 is 0. The number of ether oxygens (including phenoxy) is 3. The lowest BCUT2D eigenvalue weighted by Gasteiger charge is -2.34. The maximum atomic E-state index is 14.2. The molecule has 2 atom stereocenters. The van der Waals surface area contributed by atoms with E-state index in [-0.39, 0.29) is 23.6 Å². The largest absolute Gasteiger partial charge is 0.493 e. The number of piperidine rings is 1. The Labute approximate surface area is 228 Å². The van der Waals surface area contributed by atoms with Gasteiger partial charge in [0, 0.05) is 51.3 Å². The monoisotopic (exact) mass is 538 g/mol. The van der Waals surface area contributed by atoms with Gasteiger partial charge in [0.25, 0.3) is 5.91 Å². The van der Waals surface area contributed by atoms with Gasteiger partial charge in [0.2, 0.25) is 0 Å². The standard InChI is InChI=1S/C31H36F2N2O4/c1-37-19-2-17-34-31(36)25-7-13-29(14-8-25)39-22-26-21-35(33)18-15-30(26)24-5-11-28(12-6-24)38-20-16-23-3-9-27(32)10-4-23/h3-14,26,30H,2,15-22H2,1H3,(H,34,36)/t26?,30-/m0/s1. The average molecular weight is 539 g/mol. The van der Waals surface area contributed by atoms with Crippen molar-refractivity contribution in [2.45, 2.75) is 25.2 Å². The third kappa shape index (κ3) is 8.76. The van der Waals surface area contributed by atoms with E-state index in [1.807, 2.05) is 24.3 Å². The number of rotatable bonds is 13. The molecule has 1 fully saturated rings. The van der Waals surface area contributed by atoms with E-state index in [0.717, 1.165) is 28.4 Å². The van der Waals surface area contributed by atoms with Crippen LogP contribution in [0.2, 0.25) is 0 Å². The number of nitrogens with zero attached hydrogens (tertiary/aromatic N) is 1. The third-order valence-corrected chi connectivity index (χ3v) is 6.96. The molecule has 4 rings (SSSR count). The first-order valence-electron chi connectivity index (χ1n) is 13.4. The Bertz CT molecular complexity index is 1160. The number of carbonyl (C=O) groups is 1. The van der Waals surface area contributed by atoms with Crippen molar-refractivity contribution in [3.05, 3.63) is 95.3 Å². The van der Waals surface area contributed by atoms with Gasteiger partial charge < -0.3 is 19.5 Å². The van der Waals surface area contributed by atoms with E-state index in [9.17, 15) is 13.7 Å². The van der Waals surface area contributed by atoms with Gasteiger partial charge in [-0.25, -0.2) is 4.39 Å². The minimum Gasteiger partial charge on any atom is -0.493 e. The molecule has 39 heavy (non-hydrogen) atoms. The van der Waals surface area contributed by atoms with Crippen LogP contribution in [0.1, 0.15) is 40.2 Å². The lowest BCUT2D eigenvalue weighted by atomic mass is 9.81. The molecule has 0 aliphatic carbocycles. The molecular weight excluding hydrogens is 502 g/mol. The summed E-state index contributed by atoms with van der Waals surface area (Å²) in [5.41, 5.74) is 2.71. The molecule has 3 aromatic rings. The van der Waals surface area contributed by atoms with Crippen LogP contribution in [-0.4, -0.2) is 57.6 Å². The van der Waals surface area contributed by atoms with Crippen molar-refractivity contribution >= 4 is 5.91 Å². The highest BCUT2D eigenvalue weighted by Crippen LogP contribution is 2.34. The highest BCUT2D eigenvalue weighted by Gasteiger charge is 2.31. The minimum atomic E-state index is -0.246. The van der Waals surface area contributed by atoms with Crippen LogP contribution in [0.4, 0.5) is 8.87 Å². The number of benzene rings is 3. The molecule has 0 bridgehead atoms. The fourth-order valence-electron chi connectivity index (χ4n) is 4.77. The van der Waals surface area contributed by atoms with Gasteiger partial charge >= 0.3 is 0 Å². The Morgan fingerprint density at radius 1 is 0.949 bits per heavy atom. The van der Waals surface area contributed by atoms with Gasteiger partial charge in [0.1, 0.15) is 17.3 Å². The molecule has 1 amide bonds. The Hall–Kier alpha value is -3.49. The lowest BCUT2D eigenvalue weighted by molar-refractivity contribution is -0.0329. The van der Waals surface area contributed by atoms with Crippen LogP contribution >= 0.6 is 0 Å². The zero-order valence-electron chi connectivity index (χ0n) is 22.3. The SMILES string of the molecule is COCCCNC(=O)c1ccc(OCC2CN(F)CC[C@H]2c2ccc(OCCc3ccc(F)cc3)cc2)cc1. The quantitative estimate of drug-likeness (QED) is 0.227. The fourth-order valence-corrected chi connectivity index (χ4v) is 4.77. The molecule has 6 nitrogen and oxygen atoms in total. The molecule has 1 N–H and O–H groups in total. The lowest BCUT2D eigenvalue weighted by Crippen LogP contribution is -2.37. The van der Waals surface area contributed by atoms with E-state index in [4.69, 9.17) is 14.2 Å². The molecule has 1 aliphatic heterocycles. The summed E-state index contributed by atoms with van der Waals surface area (Å²) in [5.74, 6) is 1.15. The predicted molar refractivity (Wildman–Crippen MR) is 146 cm³/mol. The van der Waals surface area contributed by atoms with Crippen LogP contribution in [0.5, 0.6) is 11.5 Å². The second-order valence-electron chi connectivity index (χ2n) is 9.76. The normalized spacial score (nSPS) is 17.5. The molecule has 1 aliphatic rings. The Morgan fingerprint density at radius 2 is 1.64 bits per heavy atom. The van der Waals surface area contributed by atoms with Gasteiger partial charge in [0.15, 0.2) is 0 Å². The van der Waals surface area contributed by atoms with Crippen molar-refractivity contribution in [3.63, 3.8) is 0 Å². The van der Waals surface area contributed by atoms with Crippen LogP contribution in [-0.2, 0) is 11.2 Å². The number of halogens is 2. The zero-order valence-corrected chi connectivity index (χ0v) is 22.3. The molecule has 1 heterocycles. The van der Waals surface area contributed by atoms with Gasteiger partial charge in [-0.15, -0.1) is 9.60 Å². The van der Waals surface area contributed by atoms with E-state index < -0.39 is 0 Å². The van der Waals surface area contributed by atoms with E-state index in [0.29, 0.717) is 63.6 Å². The number of amides is 1. The van der Waals surface area contributed by atoms with Crippen molar-refractivity contribution in [1.29, 1.82) is 0 Å². The van der Waals surface area contributed by atoms with E-state index >= 15 is 0 Å². The van der Waals surface area contributed by atoms with Crippen LogP contribution in [0.25, 0.3) is 0 Å². The van der Waals surface area contributed by atoms with E-state index in [1.165, 1.54) is 12.1 Å². The molecule has 0 saturated carbocycles. The van der Waals surface area contributed by atoms with E-state index in [2.05, 4.69) is 5.32 Å². The number of hydrogen-bond donors (Lipinski definition) is 1. The van der Waals surface area contributed by atoms with Crippen molar-refractivity contribution < 1.29 is 27.9 Å². The van der Waals surface area contributed by atoms with Crippen LogP contribution in [0.15, 0.2) is 72.8 Å². The van der Waals surface area contributed by atoms with Crippen molar-refractivity contribution in [1.82, 2.24) is 10.4 Å². The molecule has 0 radical (unpaired) electrons. The van der Waals surface area contributed by atoms with Crippen molar-refractivity contribution in [2.75, 3.05) is 46.6 Å². The summed E-state index contributed by atoms with van der Waals surface area (Å²) in [6.07, 6.45) is 2.14. The number of methoxy groups -OCH3 is 1. The molecule has 3 aromatic carbocycles. The Morgan fingerprint density at radius 3 is 2.36 bits per heavy atom. The third-order valence-electron chi connectivity index (χ3n) is 6.96.